The highest BCUT2D eigenvalue weighted by atomic mass is 16.6. The van der Waals surface area contributed by atoms with E-state index in [2.05, 4.69) is 17.6 Å². The van der Waals surface area contributed by atoms with Crippen molar-refractivity contribution < 1.29 is 14.5 Å². The van der Waals surface area contributed by atoms with Crippen molar-refractivity contribution in [3.8, 4) is 0 Å². The third-order valence-electron chi connectivity index (χ3n) is 5.46. The van der Waals surface area contributed by atoms with Gasteiger partial charge in [0.25, 0.3) is 11.6 Å². The maximum atomic E-state index is 12.7. The number of nitro groups is 1. The topological polar surface area (TPSA) is 105 Å². The molecule has 0 radical (unpaired) electrons. The summed E-state index contributed by atoms with van der Waals surface area (Å²) >= 11 is 0. The fourth-order valence-electron chi connectivity index (χ4n) is 3.62. The van der Waals surface area contributed by atoms with Crippen LogP contribution < -0.4 is 15.5 Å². The van der Waals surface area contributed by atoms with Crippen LogP contribution in [0.2, 0.25) is 0 Å². The van der Waals surface area contributed by atoms with Gasteiger partial charge in [0, 0.05) is 42.5 Å². The minimum Gasteiger partial charge on any atom is -0.366 e. The summed E-state index contributed by atoms with van der Waals surface area (Å²) in [5, 5.41) is 17.2. The molecule has 1 aliphatic rings. The average molecular weight is 425 g/mol. The third-order valence-corrected chi connectivity index (χ3v) is 5.46. The summed E-state index contributed by atoms with van der Waals surface area (Å²) < 4.78 is 0. The molecule has 0 saturated carbocycles. The normalized spacial score (nSPS) is 14.2. The van der Waals surface area contributed by atoms with E-state index in [1.165, 1.54) is 6.07 Å². The highest BCUT2D eigenvalue weighted by Gasteiger charge is 2.24. The highest BCUT2D eigenvalue weighted by molar-refractivity contribution is 6.05. The Morgan fingerprint density at radius 3 is 2.26 bits per heavy atom. The van der Waals surface area contributed by atoms with E-state index in [1.54, 1.807) is 36.4 Å². The van der Waals surface area contributed by atoms with E-state index in [9.17, 15) is 19.7 Å². The third kappa shape index (κ3) is 5.81. The quantitative estimate of drug-likeness (QED) is 0.490. The molecule has 1 saturated heterocycles. The molecule has 8 heteroatoms. The molecule has 0 atom stereocenters. The molecule has 0 aliphatic carbocycles. The molecule has 2 aromatic carbocycles. The van der Waals surface area contributed by atoms with Crippen LogP contribution >= 0.6 is 0 Å². The molecule has 1 aliphatic heterocycles. The van der Waals surface area contributed by atoms with Crippen molar-refractivity contribution in [1.82, 2.24) is 0 Å². The molecule has 31 heavy (non-hydrogen) atoms. The standard InChI is InChI=1S/C23H28N4O4/c1-3-4-22(28)24-18-6-8-19(9-7-18)25-23(29)17-5-10-20(21(15-17)27(30)31)26-13-11-16(2)12-14-26/h5-10,15-16H,3-4,11-14H2,1-2H3,(H,24,28)(H,25,29). The first kappa shape index (κ1) is 22.3. The Morgan fingerprint density at radius 2 is 1.68 bits per heavy atom. The fraction of sp³-hybridized carbons (Fsp3) is 0.391. The minimum absolute atomic E-state index is 0.0591. The first-order valence-electron chi connectivity index (χ1n) is 10.6. The number of nitro benzene ring substituents is 1. The molecular weight excluding hydrogens is 396 g/mol. The molecule has 0 aromatic heterocycles. The predicted molar refractivity (Wildman–Crippen MR) is 122 cm³/mol. The van der Waals surface area contributed by atoms with Gasteiger partial charge in [0.05, 0.1) is 4.92 Å². The molecule has 1 heterocycles. The Morgan fingerprint density at radius 1 is 1.06 bits per heavy atom. The Hall–Kier alpha value is -3.42. The van der Waals surface area contributed by atoms with Crippen LogP contribution in [0.15, 0.2) is 42.5 Å². The summed E-state index contributed by atoms with van der Waals surface area (Å²) in [7, 11) is 0. The second-order valence-electron chi connectivity index (χ2n) is 7.96. The molecule has 2 aromatic rings. The zero-order valence-electron chi connectivity index (χ0n) is 17.9. The largest absolute Gasteiger partial charge is 0.366 e. The summed E-state index contributed by atoms with van der Waals surface area (Å²) in [6.45, 7) is 5.66. The molecule has 164 valence electrons. The van der Waals surface area contributed by atoms with Crippen molar-refractivity contribution in [3.05, 3.63) is 58.1 Å². The molecule has 8 nitrogen and oxygen atoms in total. The number of rotatable bonds is 7. The van der Waals surface area contributed by atoms with E-state index in [0.717, 1.165) is 32.4 Å². The Bertz CT molecular complexity index is 951. The Balaban J connectivity index is 1.70. The Labute approximate surface area is 181 Å². The van der Waals surface area contributed by atoms with E-state index >= 15 is 0 Å². The fourth-order valence-corrected chi connectivity index (χ4v) is 3.62. The Kier molecular flexibility index (Phi) is 7.23. The lowest BCUT2D eigenvalue weighted by molar-refractivity contribution is -0.384. The molecule has 0 unspecified atom stereocenters. The summed E-state index contributed by atoms with van der Waals surface area (Å²) in [6, 6.07) is 11.4. The number of hydrogen-bond donors (Lipinski definition) is 2. The van der Waals surface area contributed by atoms with Gasteiger partial charge in [-0.1, -0.05) is 13.8 Å². The highest BCUT2D eigenvalue weighted by Crippen LogP contribution is 2.32. The SMILES string of the molecule is CCCC(=O)Nc1ccc(NC(=O)c2ccc(N3CCC(C)CC3)c([N+](=O)[O-])c2)cc1. The van der Waals surface area contributed by atoms with Crippen molar-refractivity contribution in [2.45, 2.75) is 39.5 Å². The van der Waals surface area contributed by atoms with Crippen molar-refractivity contribution in [3.63, 3.8) is 0 Å². The number of piperidine rings is 1. The zero-order valence-corrected chi connectivity index (χ0v) is 17.9. The number of nitrogens with zero attached hydrogens (tertiary/aromatic N) is 2. The van der Waals surface area contributed by atoms with E-state index in [0.29, 0.717) is 29.4 Å². The van der Waals surface area contributed by atoms with Gasteiger partial charge in [-0.2, -0.15) is 0 Å². The van der Waals surface area contributed by atoms with E-state index in [-0.39, 0.29) is 17.2 Å². The van der Waals surface area contributed by atoms with Gasteiger partial charge >= 0.3 is 0 Å². The summed E-state index contributed by atoms with van der Waals surface area (Å²) in [6.07, 6.45) is 3.20. The predicted octanol–water partition coefficient (Wildman–Crippen LogP) is 4.82. The summed E-state index contributed by atoms with van der Waals surface area (Å²) in [5.41, 5.74) is 1.90. The molecule has 3 rings (SSSR count). The number of carbonyl (C=O) groups excluding carboxylic acids is 2. The van der Waals surface area contributed by atoms with Crippen LogP contribution in [-0.4, -0.2) is 29.8 Å². The summed E-state index contributed by atoms with van der Waals surface area (Å²) in [5.74, 6) is 0.131. The van der Waals surface area contributed by atoms with Crippen molar-refractivity contribution in [1.29, 1.82) is 0 Å². The molecule has 1 fully saturated rings. The first-order chi connectivity index (χ1) is 14.9. The lowest BCUT2D eigenvalue weighted by Crippen LogP contribution is -2.33. The van der Waals surface area contributed by atoms with E-state index in [4.69, 9.17) is 0 Å². The maximum absolute atomic E-state index is 12.7. The van der Waals surface area contributed by atoms with Gasteiger partial charge in [-0.05, 0) is 61.6 Å². The summed E-state index contributed by atoms with van der Waals surface area (Å²) in [4.78, 5) is 37.5. The van der Waals surface area contributed by atoms with E-state index in [1.807, 2.05) is 11.8 Å². The van der Waals surface area contributed by atoms with E-state index < -0.39 is 10.8 Å². The maximum Gasteiger partial charge on any atom is 0.293 e. The van der Waals surface area contributed by atoms with Crippen LogP contribution in [-0.2, 0) is 4.79 Å². The van der Waals surface area contributed by atoms with Crippen LogP contribution in [0.1, 0.15) is 49.9 Å². The number of hydrogen-bond acceptors (Lipinski definition) is 5. The van der Waals surface area contributed by atoms with Gasteiger partial charge in [-0.15, -0.1) is 0 Å². The molecule has 2 amide bonds. The van der Waals surface area contributed by atoms with Gasteiger partial charge in [0.1, 0.15) is 5.69 Å². The van der Waals surface area contributed by atoms with Gasteiger partial charge < -0.3 is 15.5 Å². The number of amides is 2. The van der Waals surface area contributed by atoms with Gasteiger partial charge in [0.2, 0.25) is 5.91 Å². The van der Waals surface area contributed by atoms with Crippen LogP contribution in [0.5, 0.6) is 0 Å². The van der Waals surface area contributed by atoms with Crippen LogP contribution in [0, 0.1) is 16.0 Å². The lowest BCUT2D eigenvalue weighted by Gasteiger charge is -2.31. The number of benzene rings is 2. The van der Waals surface area contributed by atoms with Gasteiger partial charge in [-0.25, -0.2) is 0 Å². The zero-order chi connectivity index (χ0) is 22.4. The smallest absolute Gasteiger partial charge is 0.293 e. The minimum atomic E-state index is -0.433. The number of nitrogens with one attached hydrogen (secondary N) is 2. The van der Waals surface area contributed by atoms with Gasteiger partial charge in [0.15, 0.2) is 0 Å². The molecule has 0 bridgehead atoms. The molecular formula is C23H28N4O4. The average Bonchev–Trinajstić information content (AvgIpc) is 2.75. The van der Waals surface area contributed by atoms with Crippen LogP contribution in [0.25, 0.3) is 0 Å². The monoisotopic (exact) mass is 424 g/mol. The van der Waals surface area contributed by atoms with Crippen LogP contribution in [0.4, 0.5) is 22.7 Å². The first-order valence-corrected chi connectivity index (χ1v) is 10.6. The van der Waals surface area contributed by atoms with Crippen molar-refractivity contribution >= 4 is 34.6 Å². The second-order valence-corrected chi connectivity index (χ2v) is 7.96. The number of carbonyl (C=O) groups is 2. The van der Waals surface area contributed by atoms with Crippen molar-refractivity contribution in [2.75, 3.05) is 28.6 Å². The molecule has 0 spiro atoms. The number of anilines is 3. The lowest BCUT2D eigenvalue weighted by atomic mass is 9.98. The van der Waals surface area contributed by atoms with Crippen LogP contribution in [0.3, 0.4) is 0 Å². The molecule has 2 N–H and O–H groups in total. The van der Waals surface area contributed by atoms with Crippen molar-refractivity contribution in [2.24, 2.45) is 5.92 Å². The second kappa shape index (κ2) is 10.1. The van der Waals surface area contributed by atoms with Gasteiger partial charge in [-0.3, -0.25) is 19.7 Å².